The summed E-state index contributed by atoms with van der Waals surface area (Å²) in [7, 11) is 0. The maximum Gasteiger partial charge on any atom is 0.136 e. The Morgan fingerprint density at radius 1 is 0.321 bits per heavy atom. The molecule has 0 aliphatic heterocycles. The van der Waals surface area contributed by atoms with Gasteiger partial charge in [-0.05, 0) is 102 Å². The summed E-state index contributed by atoms with van der Waals surface area (Å²) in [5, 5.41) is 6.99. The third-order valence-corrected chi connectivity index (χ3v) is 10.9. The van der Waals surface area contributed by atoms with Crippen LogP contribution >= 0.6 is 0 Å². The minimum absolute atomic E-state index is 0.881. The monoisotopic (exact) mass is 717 g/mol. The zero-order valence-corrected chi connectivity index (χ0v) is 30.5. The molecule has 2 aromatic heterocycles. The van der Waals surface area contributed by atoms with Crippen molar-refractivity contribution in [1.82, 2.24) is 4.57 Å². The van der Waals surface area contributed by atoms with E-state index in [-0.39, 0.29) is 0 Å². The first-order valence-corrected chi connectivity index (χ1v) is 19.0. The number of nitrogens with zero attached hydrogens (tertiary/aromatic N) is 3. The highest BCUT2D eigenvalue weighted by Crippen LogP contribution is 2.45. The molecule has 264 valence electrons. The first-order chi connectivity index (χ1) is 27.8. The molecular formula is C52H35N3O. The Balaban J connectivity index is 1.11. The highest BCUT2D eigenvalue weighted by atomic mass is 16.3. The zero-order valence-electron chi connectivity index (χ0n) is 30.5. The molecule has 0 fully saturated rings. The highest BCUT2D eigenvalue weighted by Gasteiger charge is 2.21. The molecule has 11 aromatic rings. The van der Waals surface area contributed by atoms with Gasteiger partial charge in [0, 0.05) is 61.1 Å². The van der Waals surface area contributed by atoms with Crippen LogP contribution in [0.3, 0.4) is 0 Å². The van der Waals surface area contributed by atoms with Crippen molar-refractivity contribution in [2.24, 2.45) is 0 Å². The van der Waals surface area contributed by atoms with Crippen molar-refractivity contribution in [3.8, 4) is 5.69 Å². The molecule has 2 heterocycles. The Kier molecular flexibility index (Phi) is 7.46. The first-order valence-electron chi connectivity index (χ1n) is 19.0. The molecule has 0 unspecified atom stereocenters. The Bertz CT molecular complexity index is 3200. The maximum atomic E-state index is 6.41. The number of hydrogen-bond donors (Lipinski definition) is 0. The molecule has 0 aliphatic carbocycles. The summed E-state index contributed by atoms with van der Waals surface area (Å²) in [6, 6.07) is 75.7. The van der Waals surface area contributed by atoms with Crippen LogP contribution < -0.4 is 9.80 Å². The van der Waals surface area contributed by atoms with E-state index < -0.39 is 0 Å². The topological polar surface area (TPSA) is 24.6 Å². The van der Waals surface area contributed by atoms with Crippen molar-refractivity contribution in [1.29, 1.82) is 0 Å². The smallest absolute Gasteiger partial charge is 0.136 e. The molecular weight excluding hydrogens is 683 g/mol. The molecule has 0 atom stereocenters. The molecule has 0 aliphatic rings. The summed E-state index contributed by atoms with van der Waals surface area (Å²) in [6.45, 7) is 0. The van der Waals surface area contributed by atoms with E-state index in [9.17, 15) is 0 Å². The third kappa shape index (κ3) is 5.23. The lowest BCUT2D eigenvalue weighted by atomic mass is 10.0. The van der Waals surface area contributed by atoms with Crippen LogP contribution in [0.25, 0.3) is 60.2 Å². The number of furan rings is 1. The van der Waals surface area contributed by atoms with Crippen LogP contribution in [0.2, 0.25) is 0 Å². The van der Waals surface area contributed by atoms with Gasteiger partial charge in [-0.2, -0.15) is 0 Å². The maximum absolute atomic E-state index is 6.41. The minimum atomic E-state index is 0.881. The highest BCUT2D eigenvalue weighted by molar-refractivity contribution is 6.13. The van der Waals surface area contributed by atoms with Crippen LogP contribution in [0.5, 0.6) is 0 Å². The second-order valence-corrected chi connectivity index (χ2v) is 14.2. The van der Waals surface area contributed by atoms with Gasteiger partial charge < -0.3 is 18.8 Å². The molecule has 4 heteroatoms. The largest absolute Gasteiger partial charge is 0.456 e. The average Bonchev–Trinajstić information content (AvgIpc) is 3.79. The lowest BCUT2D eigenvalue weighted by Crippen LogP contribution is -2.13. The van der Waals surface area contributed by atoms with Gasteiger partial charge in [0.25, 0.3) is 0 Å². The van der Waals surface area contributed by atoms with Gasteiger partial charge in [-0.1, -0.05) is 115 Å². The van der Waals surface area contributed by atoms with E-state index in [1.165, 1.54) is 16.3 Å². The number of para-hydroxylation sites is 5. The van der Waals surface area contributed by atoms with E-state index in [0.29, 0.717) is 0 Å². The molecule has 0 radical (unpaired) electrons. The number of aromatic nitrogens is 1. The number of anilines is 6. The fourth-order valence-corrected chi connectivity index (χ4v) is 8.43. The van der Waals surface area contributed by atoms with Gasteiger partial charge in [0.2, 0.25) is 0 Å². The molecule has 9 aromatic carbocycles. The minimum Gasteiger partial charge on any atom is -0.456 e. The standard InChI is InChI=1S/C52H35N3O/c1-4-17-37(18-5-1)53(42-30-31-44-43-25-10-12-27-48(43)55(50(44)34-42)39-21-8-3-9-22-39)40-23-15-24-41(33-40)54(38-19-6-2-7-20-38)49-28-14-16-36-32-47-45-26-11-13-29-51(45)56-52(47)35-46(36)49/h1-35H. The molecule has 0 spiro atoms. The summed E-state index contributed by atoms with van der Waals surface area (Å²) in [5.41, 5.74) is 11.7. The lowest BCUT2D eigenvalue weighted by Gasteiger charge is -2.30. The van der Waals surface area contributed by atoms with Crippen LogP contribution in [0, 0.1) is 0 Å². The Morgan fingerprint density at radius 2 is 0.911 bits per heavy atom. The number of hydrogen-bond acceptors (Lipinski definition) is 3. The fraction of sp³-hybridized carbons (Fsp3) is 0. The van der Waals surface area contributed by atoms with Crippen LogP contribution in [0.1, 0.15) is 0 Å². The molecule has 0 N–H and O–H groups in total. The van der Waals surface area contributed by atoms with Crippen LogP contribution in [-0.2, 0) is 0 Å². The predicted molar refractivity (Wildman–Crippen MR) is 235 cm³/mol. The predicted octanol–water partition coefficient (Wildman–Crippen LogP) is 14.8. The molecule has 0 saturated heterocycles. The van der Waals surface area contributed by atoms with E-state index in [1.54, 1.807) is 0 Å². The van der Waals surface area contributed by atoms with Crippen LogP contribution in [0.15, 0.2) is 217 Å². The normalized spacial score (nSPS) is 11.6. The van der Waals surface area contributed by atoms with Crippen molar-refractivity contribution < 1.29 is 4.42 Å². The zero-order chi connectivity index (χ0) is 37.0. The van der Waals surface area contributed by atoms with Crippen molar-refractivity contribution in [2.45, 2.75) is 0 Å². The number of benzene rings is 9. The summed E-state index contributed by atoms with van der Waals surface area (Å²) < 4.78 is 8.79. The van der Waals surface area contributed by atoms with Crippen molar-refractivity contribution >= 4 is 88.6 Å². The van der Waals surface area contributed by atoms with Crippen molar-refractivity contribution in [3.05, 3.63) is 212 Å². The Hall–Kier alpha value is -7.56. The van der Waals surface area contributed by atoms with Gasteiger partial charge in [-0.25, -0.2) is 0 Å². The molecule has 56 heavy (non-hydrogen) atoms. The first kappa shape index (κ1) is 31.9. The van der Waals surface area contributed by atoms with Crippen molar-refractivity contribution in [3.63, 3.8) is 0 Å². The second-order valence-electron chi connectivity index (χ2n) is 14.2. The Labute approximate surface area is 324 Å². The van der Waals surface area contributed by atoms with Gasteiger partial charge in [0.15, 0.2) is 0 Å². The van der Waals surface area contributed by atoms with Gasteiger partial charge in [0.05, 0.1) is 16.7 Å². The third-order valence-electron chi connectivity index (χ3n) is 10.9. The molecule has 11 rings (SSSR count). The van der Waals surface area contributed by atoms with Crippen molar-refractivity contribution in [2.75, 3.05) is 9.80 Å². The van der Waals surface area contributed by atoms with E-state index in [0.717, 1.165) is 78.0 Å². The molecule has 0 bridgehead atoms. The lowest BCUT2D eigenvalue weighted by molar-refractivity contribution is 0.669. The van der Waals surface area contributed by atoms with Crippen LogP contribution in [0.4, 0.5) is 34.1 Å². The summed E-state index contributed by atoms with van der Waals surface area (Å²) in [4.78, 5) is 4.72. The van der Waals surface area contributed by atoms with E-state index in [2.05, 4.69) is 215 Å². The van der Waals surface area contributed by atoms with E-state index in [4.69, 9.17) is 4.42 Å². The quantitative estimate of drug-likeness (QED) is 0.164. The number of rotatable bonds is 7. The average molecular weight is 718 g/mol. The summed E-state index contributed by atoms with van der Waals surface area (Å²) in [6.07, 6.45) is 0. The Morgan fingerprint density at radius 3 is 1.70 bits per heavy atom. The number of fused-ring (bicyclic) bond motifs is 7. The van der Waals surface area contributed by atoms with Gasteiger partial charge in [-0.15, -0.1) is 0 Å². The van der Waals surface area contributed by atoms with E-state index in [1.807, 2.05) is 12.1 Å². The van der Waals surface area contributed by atoms with Gasteiger partial charge in [-0.3, -0.25) is 0 Å². The van der Waals surface area contributed by atoms with E-state index >= 15 is 0 Å². The summed E-state index contributed by atoms with van der Waals surface area (Å²) in [5.74, 6) is 0. The molecule has 0 amide bonds. The van der Waals surface area contributed by atoms with Gasteiger partial charge >= 0.3 is 0 Å². The second kappa shape index (κ2) is 13.1. The van der Waals surface area contributed by atoms with Crippen LogP contribution in [-0.4, -0.2) is 4.57 Å². The summed E-state index contributed by atoms with van der Waals surface area (Å²) >= 11 is 0. The SMILES string of the molecule is c1ccc(N(c2cccc(N(c3ccccc3)c3cccc4cc5c(cc34)oc3ccccc35)c2)c2ccc3c4ccccc4n(-c4ccccc4)c3c2)cc1. The van der Waals surface area contributed by atoms with Gasteiger partial charge in [0.1, 0.15) is 11.2 Å². The molecule has 0 saturated carbocycles. The fourth-order valence-electron chi connectivity index (χ4n) is 8.43. The molecule has 4 nitrogen and oxygen atoms in total.